The van der Waals surface area contributed by atoms with Crippen LogP contribution < -0.4 is 14.2 Å². The molecule has 0 saturated carbocycles. The van der Waals surface area contributed by atoms with E-state index in [1.54, 1.807) is 19.3 Å². The molecule has 1 aromatic heterocycles. The second kappa shape index (κ2) is 10.4. The Hall–Kier alpha value is -3.85. The minimum atomic E-state index is -0.0327. The molecule has 9 nitrogen and oxygen atoms in total. The van der Waals surface area contributed by atoms with Crippen molar-refractivity contribution in [1.29, 1.82) is 0 Å². The summed E-state index contributed by atoms with van der Waals surface area (Å²) in [6.45, 7) is 7.77. The van der Waals surface area contributed by atoms with Crippen molar-refractivity contribution in [3.8, 4) is 28.6 Å². The van der Waals surface area contributed by atoms with Crippen LogP contribution in [0, 0.1) is 6.92 Å². The van der Waals surface area contributed by atoms with Crippen LogP contribution in [0.1, 0.15) is 30.0 Å². The van der Waals surface area contributed by atoms with Crippen molar-refractivity contribution in [3.05, 3.63) is 59.5 Å². The zero-order valence-corrected chi connectivity index (χ0v) is 20.8. The minimum absolute atomic E-state index is 0.0318. The number of hydrogen-bond donors (Lipinski definition) is 0. The van der Waals surface area contributed by atoms with Crippen LogP contribution in [0.25, 0.3) is 17.5 Å². The number of carbonyl (C=O) groups excluding carboxylic acids is 1. The van der Waals surface area contributed by atoms with E-state index in [4.69, 9.17) is 18.7 Å². The van der Waals surface area contributed by atoms with Crippen LogP contribution in [-0.4, -0.2) is 72.4 Å². The van der Waals surface area contributed by atoms with Gasteiger partial charge in [-0.25, -0.2) is 0 Å². The molecule has 0 bridgehead atoms. The number of aryl methyl sites for hydroxylation is 1. The number of ether oxygens (including phenoxy) is 3. The van der Waals surface area contributed by atoms with Crippen LogP contribution in [0.5, 0.6) is 17.2 Å². The number of carbonyl (C=O) groups is 1. The number of piperazine rings is 1. The lowest BCUT2D eigenvalue weighted by atomic mass is 10.1. The molecular weight excluding hydrogens is 460 g/mol. The standard InChI is InChI=1S/C27H30N4O5/c1-18-4-7-21(8-5-18)26-28-27(36-29-26)19(2)30-10-12-31(13-11-30)24(32)9-6-20-16-22(33-3)25-23(17-20)34-14-15-35-25/h4-9,16-17,19H,10-15H2,1-3H3/b9-6+. The molecule has 5 rings (SSSR count). The molecule has 0 radical (unpaired) electrons. The maximum Gasteiger partial charge on any atom is 0.246 e. The van der Waals surface area contributed by atoms with E-state index in [0.29, 0.717) is 55.3 Å². The third-order valence-corrected chi connectivity index (χ3v) is 6.55. The Bertz CT molecular complexity index is 1230. The summed E-state index contributed by atoms with van der Waals surface area (Å²) < 4.78 is 22.3. The van der Waals surface area contributed by atoms with Gasteiger partial charge in [0.25, 0.3) is 0 Å². The molecule has 1 unspecified atom stereocenters. The largest absolute Gasteiger partial charge is 0.493 e. The Morgan fingerprint density at radius 2 is 1.83 bits per heavy atom. The highest BCUT2D eigenvalue weighted by Gasteiger charge is 2.27. The van der Waals surface area contributed by atoms with Gasteiger partial charge in [-0.05, 0) is 37.6 Å². The summed E-state index contributed by atoms with van der Waals surface area (Å²) in [7, 11) is 1.59. The van der Waals surface area contributed by atoms with E-state index in [-0.39, 0.29) is 11.9 Å². The molecule has 1 atom stereocenters. The summed E-state index contributed by atoms with van der Waals surface area (Å²) in [6.07, 6.45) is 3.37. The van der Waals surface area contributed by atoms with Crippen LogP contribution >= 0.6 is 0 Å². The number of rotatable bonds is 6. The third kappa shape index (κ3) is 5.06. The molecule has 188 valence electrons. The molecule has 0 N–H and O–H groups in total. The molecular formula is C27H30N4O5. The predicted octanol–water partition coefficient (Wildman–Crippen LogP) is 3.74. The Morgan fingerprint density at radius 3 is 2.58 bits per heavy atom. The Morgan fingerprint density at radius 1 is 1.08 bits per heavy atom. The van der Waals surface area contributed by atoms with Crippen LogP contribution in [0.4, 0.5) is 0 Å². The molecule has 2 aromatic carbocycles. The molecule has 0 spiro atoms. The van der Waals surface area contributed by atoms with E-state index in [1.165, 1.54) is 5.56 Å². The maximum atomic E-state index is 12.8. The summed E-state index contributed by atoms with van der Waals surface area (Å²) in [5, 5.41) is 4.16. The fourth-order valence-corrected chi connectivity index (χ4v) is 4.37. The lowest BCUT2D eigenvalue weighted by Crippen LogP contribution is -2.48. The fourth-order valence-electron chi connectivity index (χ4n) is 4.37. The number of fused-ring (bicyclic) bond motifs is 1. The second-order valence-corrected chi connectivity index (χ2v) is 8.94. The first-order valence-corrected chi connectivity index (χ1v) is 12.1. The second-order valence-electron chi connectivity index (χ2n) is 8.94. The van der Waals surface area contributed by atoms with Crippen molar-refractivity contribution >= 4 is 12.0 Å². The quantitative estimate of drug-likeness (QED) is 0.483. The van der Waals surface area contributed by atoms with Crippen LogP contribution in [0.2, 0.25) is 0 Å². The molecule has 3 heterocycles. The van der Waals surface area contributed by atoms with Crippen LogP contribution in [-0.2, 0) is 4.79 Å². The van der Waals surface area contributed by atoms with E-state index in [0.717, 1.165) is 24.2 Å². The van der Waals surface area contributed by atoms with E-state index in [2.05, 4.69) is 22.0 Å². The van der Waals surface area contributed by atoms with Crippen LogP contribution in [0.15, 0.2) is 47.0 Å². The molecule has 9 heteroatoms. The normalized spacial score (nSPS) is 16.8. The lowest BCUT2D eigenvalue weighted by Gasteiger charge is -2.36. The summed E-state index contributed by atoms with van der Waals surface area (Å²) in [6, 6.07) is 11.7. The van der Waals surface area contributed by atoms with Gasteiger partial charge >= 0.3 is 0 Å². The summed E-state index contributed by atoms with van der Waals surface area (Å²) in [5.41, 5.74) is 2.93. The van der Waals surface area contributed by atoms with Gasteiger partial charge in [0.2, 0.25) is 23.4 Å². The maximum absolute atomic E-state index is 12.8. The average Bonchev–Trinajstić information content (AvgIpc) is 3.41. The van der Waals surface area contributed by atoms with Crippen molar-refractivity contribution in [2.24, 2.45) is 0 Å². The highest BCUT2D eigenvalue weighted by Crippen LogP contribution is 2.40. The Kier molecular flexibility index (Phi) is 6.90. The first-order chi connectivity index (χ1) is 17.5. The highest BCUT2D eigenvalue weighted by atomic mass is 16.6. The number of methoxy groups -OCH3 is 1. The van der Waals surface area contributed by atoms with Gasteiger partial charge in [0.1, 0.15) is 13.2 Å². The zero-order chi connectivity index (χ0) is 25.1. The number of nitrogens with zero attached hydrogens (tertiary/aromatic N) is 4. The van der Waals surface area contributed by atoms with Gasteiger partial charge in [-0.15, -0.1) is 0 Å². The van der Waals surface area contributed by atoms with Crippen molar-refractivity contribution in [2.45, 2.75) is 19.9 Å². The predicted molar refractivity (Wildman–Crippen MR) is 134 cm³/mol. The van der Waals surface area contributed by atoms with Gasteiger partial charge in [0.05, 0.1) is 13.2 Å². The zero-order valence-electron chi connectivity index (χ0n) is 20.8. The van der Waals surface area contributed by atoms with E-state index < -0.39 is 0 Å². The van der Waals surface area contributed by atoms with Crippen molar-refractivity contribution in [3.63, 3.8) is 0 Å². The number of hydrogen-bond acceptors (Lipinski definition) is 8. The number of amides is 1. The van der Waals surface area contributed by atoms with E-state index >= 15 is 0 Å². The third-order valence-electron chi connectivity index (χ3n) is 6.55. The SMILES string of the molecule is COc1cc(/C=C/C(=O)N2CCN(C(C)c3nc(-c4ccc(C)cc4)no3)CC2)cc2c1OCCO2. The van der Waals surface area contributed by atoms with Crippen molar-refractivity contribution in [1.82, 2.24) is 19.9 Å². The lowest BCUT2D eigenvalue weighted by molar-refractivity contribution is -0.128. The summed E-state index contributed by atoms with van der Waals surface area (Å²) in [5.74, 6) is 2.96. The number of benzene rings is 2. The van der Waals surface area contributed by atoms with Gasteiger partial charge in [-0.3, -0.25) is 9.69 Å². The smallest absolute Gasteiger partial charge is 0.246 e. The van der Waals surface area contributed by atoms with Crippen LogP contribution in [0.3, 0.4) is 0 Å². The Labute approximate surface area is 210 Å². The molecule has 3 aromatic rings. The molecule has 1 fully saturated rings. The van der Waals surface area contributed by atoms with Gasteiger partial charge < -0.3 is 23.6 Å². The molecule has 1 saturated heterocycles. The highest BCUT2D eigenvalue weighted by molar-refractivity contribution is 5.92. The topological polar surface area (TPSA) is 90.2 Å². The van der Waals surface area contributed by atoms with Gasteiger partial charge in [0, 0.05) is 37.8 Å². The average molecular weight is 491 g/mol. The van der Waals surface area contributed by atoms with Crippen molar-refractivity contribution < 1.29 is 23.5 Å². The summed E-state index contributed by atoms with van der Waals surface area (Å²) in [4.78, 5) is 21.5. The first-order valence-electron chi connectivity index (χ1n) is 12.1. The molecule has 2 aliphatic heterocycles. The number of aromatic nitrogens is 2. The Balaban J connectivity index is 1.18. The van der Waals surface area contributed by atoms with Gasteiger partial charge in [0.15, 0.2) is 11.5 Å². The van der Waals surface area contributed by atoms with E-state index in [9.17, 15) is 4.79 Å². The first kappa shape index (κ1) is 23.9. The van der Waals surface area contributed by atoms with Gasteiger partial charge in [-0.1, -0.05) is 35.0 Å². The molecule has 1 amide bonds. The molecule has 36 heavy (non-hydrogen) atoms. The van der Waals surface area contributed by atoms with E-state index in [1.807, 2.05) is 48.2 Å². The summed E-state index contributed by atoms with van der Waals surface area (Å²) >= 11 is 0. The van der Waals surface area contributed by atoms with Crippen molar-refractivity contribution in [2.75, 3.05) is 46.5 Å². The molecule has 2 aliphatic rings. The molecule has 0 aliphatic carbocycles. The minimum Gasteiger partial charge on any atom is -0.493 e. The monoisotopic (exact) mass is 490 g/mol. The van der Waals surface area contributed by atoms with Gasteiger partial charge in [-0.2, -0.15) is 4.98 Å². The fraction of sp³-hybridized carbons (Fsp3) is 0.370.